The Morgan fingerprint density at radius 2 is 2.06 bits per heavy atom. The van der Waals surface area contributed by atoms with Gasteiger partial charge >= 0.3 is 0 Å². The first-order valence-electron chi connectivity index (χ1n) is 6.37. The van der Waals surface area contributed by atoms with Gasteiger partial charge in [-0.3, -0.25) is 0 Å². The van der Waals surface area contributed by atoms with Crippen molar-refractivity contribution in [2.24, 2.45) is 5.92 Å². The van der Waals surface area contributed by atoms with Crippen LogP contribution in [0.5, 0.6) is 0 Å². The predicted molar refractivity (Wildman–Crippen MR) is 69.6 cm³/mol. The maximum absolute atomic E-state index is 6.15. The van der Waals surface area contributed by atoms with Gasteiger partial charge in [-0.05, 0) is 47.1 Å². The molecule has 1 rings (SSSR count). The van der Waals surface area contributed by atoms with Crippen LogP contribution in [0.25, 0.3) is 0 Å². The summed E-state index contributed by atoms with van der Waals surface area (Å²) in [6.07, 6.45) is 4.14. The zero-order valence-corrected chi connectivity index (χ0v) is 11.5. The lowest BCUT2D eigenvalue weighted by Crippen LogP contribution is -2.44. The van der Waals surface area contributed by atoms with E-state index in [1.807, 2.05) is 6.08 Å². The van der Waals surface area contributed by atoms with Gasteiger partial charge in [0.2, 0.25) is 0 Å². The van der Waals surface area contributed by atoms with E-state index in [0.29, 0.717) is 12.0 Å². The van der Waals surface area contributed by atoms with Crippen molar-refractivity contribution in [1.82, 2.24) is 5.32 Å². The molecule has 2 nitrogen and oxygen atoms in total. The fourth-order valence-electron chi connectivity index (χ4n) is 3.06. The molecule has 1 saturated heterocycles. The average Bonchev–Trinajstić information content (AvgIpc) is 2.34. The third-order valence-electron chi connectivity index (χ3n) is 3.52. The maximum atomic E-state index is 6.15. The van der Waals surface area contributed by atoms with Crippen molar-refractivity contribution in [3.8, 4) is 0 Å². The van der Waals surface area contributed by atoms with Crippen molar-refractivity contribution in [2.75, 3.05) is 6.54 Å². The Balaban J connectivity index is 2.79. The second kappa shape index (κ2) is 4.89. The summed E-state index contributed by atoms with van der Waals surface area (Å²) in [4.78, 5) is 0. The van der Waals surface area contributed by atoms with E-state index in [1.165, 1.54) is 0 Å². The van der Waals surface area contributed by atoms with Gasteiger partial charge < -0.3 is 10.1 Å². The molecule has 2 atom stereocenters. The third-order valence-corrected chi connectivity index (χ3v) is 3.52. The first kappa shape index (κ1) is 13.7. The molecule has 0 amide bonds. The molecule has 0 aromatic rings. The standard InChI is InChI=1S/C14H27NO/c1-7-9-12(15-8-2)11-10-13(3,4)16-14(11,5)6/h7,11-12,15H,1,8-10H2,2-6H3. The lowest BCUT2D eigenvalue weighted by atomic mass is 9.80. The van der Waals surface area contributed by atoms with Crippen LogP contribution >= 0.6 is 0 Å². The quantitative estimate of drug-likeness (QED) is 0.726. The van der Waals surface area contributed by atoms with Gasteiger partial charge in [-0.2, -0.15) is 0 Å². The average molecular weight is 225 g/mol. The molecule has 0 aliphatic carbocycles. The second-order valence-electron chi connectivity index (χ2n) is 5.96. The molecule has 1 heterocycles. The highest BCUT2D eigenvalue weighted by Crippen LogP contribution is 2.44. The highest BCUT2D eigenvalue weighted by molar-refractivity contribution is 5.00. The van der Waals surface area contributed by atoms with Crippen molar-refractivity contribution in [1.29, 1.82) is 0 Å². The Labute approximate surface area is 100 Å². The van der Waals surface area contributed by atoms with Crippen LogP contribution in [0.15, 0.2) is 12.7 Å². The predicted octanol–water partition coefficient (Wildman–Crippen LogP) is 3.13. The molecule has 1 aliphatic rings. The van der Waals surface area contributed by atoms with Crippen LogP contribution in [-0.2, 0) is 4.74 Å². The number of hydrogen-bond acceptors (Lipinski definition) is 2. The van der Waals surface area contributed by atoms with Crippen molar-refractivity contribution in [3.05, 3.63) is 12.7 Å². The van der Waals surface area contributed by atoms with Gasteiger partial charge in [-0.15, -0.1) is 6.58 Å². The largest absolute Gasteiger partial charge is 0.369 e. The third kappa shape index (κ3) is 3.08. The lowest BCUT2D eigenvalue weighted by molar-refractivity contribution is -0.0775. The summed E-state index contributed by atoms with van der Waals surface area (Å²) in [6, 6.07) is 0.485. The molecule has 16 heavy (non-hydrogen) atoms. The zero-order valence-electron chi connectivity index (χ0n) is 11.5. The molecule has 0 bridgehead atoms. The van der Waals surface area contributed by atoms with E-state index in [2.05, 4.69) is 46.5 Å². The van der Waals surface area contributed by atoms with Gasteiger partial charge in [0.05, 0.1) is 11.2 Å². The number of ether oxygens (including phenoxy) is 1. The minimum atomic E-state index is -0.0423. The summed E-state index contributed by atoms with van der Waals surface area (Å²) in [5.41, 5.74) is -0.0393. The van der Waals surface area contributed by atoms with E-state index in [9.17, 15) is 0 Å². The van der Waals surface area contributed by atoms with Crippen LogP contribution in [0.3, 0.4) is 0 Å². The van der Waals surface area contributed by atoms with E-state index >= 15 is 0 Å². The molecule has 2 unspecified atom stereocenters. The topological polar surface area (TPSA) is 21.3 Å². The fourth-order valence-corrected chi connectivity index (χ4v) is 3.06. The molecule has 1 N–H and O–H groups in total. The Morgan fingerprint density at radius 1 is 1.44 bits per heavy atom. The van der Waals surface area contributed by atoms with E-state index in [4.69, 9.17) is 4.74 Å². The van der Waals surface area contributed by atoms with Crippen LogP contribution in [0.4, 0.5) is 0 Å². The molecule has 0 spiro atoms. The van der Waals surface area contributed by atoms with Crippen LogP contribution in [0, 0.1) is 5.92 Å². The Kier molecular flexibility index (Phi) is 4.19. The number of rotatable bonds is 5. The van der Waals surface area contributed by atoms with Gasteiger partial charge in [0.15, 0.2) is 0 Å². The first-order chi connectivity index (χ1) is 7.32. The summed E-state index contributed by atoms with van der Waals surface area (Å²) >= 11 is 0. The van der Waals surface area contributed by atoms with E-state index in [0.717, 1.165) is 19.4 Å². The zero-order chi connectivity index (χ0) is 12.4. The van der Waals surface area contributed by atoms with Crippen LogP contribution in [0.2, 0.25) is 0 Å². The highest BCUT2D eigenvalue weighted by Gasteiger charge is 2.48. The highest BCUT2D eigenvalue weighted by atomic mass is 16.5. The second-order valence-corrected chi connectivity index (χ2v) is 5.96. The SMILES string of the molecule is C=CCC(NCC)C1CC(C)(C)OC1(C)C. The van der Waals surface area contributed by atoms with Gasteiger partial charge in [0.25, 0.3) is 0 Å². The minimum absolute atomic E-state index is 0.00298. The summed E-state index contributed by atoms with van der Waals surface area (Å²) in [7, 11) is 0. The summed E-state index contributed by atoms with van der Waals surface area (Å²) in [6.45, 7) is 15.8. The lowest BCUT2D eigenvalue weighted by Gasteiger charge is -2.33. The molecule has 1 fully saturated rings. The molecule has 0 saturated carbocycles. The first-order valence-corrected chi connectivity index (χ1v) is 6.37. The smallest absolute Gasteiger partial charge is 0.0677 e. The number of nitrogens with one attached hydrogen (secondary N) is 1. The van der Waals surface area contributed by atoms with Crippen molar-refractivity contribution >= 4 is 0 Å². The number of hydrogen-bond donors (Lipinski definition) is 1. The fraction of sp³-hybridized carbons (Fsp3) is 0.857. The molecule has 94 valence electrons. The Bertz CT molecular complexity index is 245. The van der Waals surface area contributed by atoms with Gasteiger partial charge in [0, 0.05) is 12.0 Å². The van der Waals surface area contributed by atoms with E-state index in [-0.39, 0.29) is 11.2 Å². The van der Waals surface area contributed by atoms with Crippen LogP contribution < -0.4 is 5.32 Å². The van der Waals surface area contributed by atoms with Gasteiger partial charge in [-0.25, -0.2) is 0 Å². The van der Waals surface area contributed by atoms with E-state index < -0.39 is 0 Å². The molecule has 2 heteroatoms. The van der Waals surface area contributed by atoms with Crippen LogP contribution in [0.1, 0.15) is 47.5 Å². The van der Waals surface area contributed by atoms with Crippen molar-refractivity contribution < 1.29 is 4.74 Å². The summed E-state index contributed by atoms with van der Waals surface area (Å²) in [5, 5.41) is 3.57. The molecule has 0 radical (unpaired) electrons. The molecule has 1 aliphatic heterocycles. The molecule has 0 aromatic carbocycles. The van der Waals surface area contributed by atoms with Crippen LogP contribution in [-0.4, -0.2) is 23.8 Å². The normalized spacial score (nSPS) is 28.9. The Hall–Kier alpha value is -0.340. The molecule has 0 aromatic heterocycles. The Morgan fingerprint density at radius 3 is 2.44 bits per heavy atom. The van der Waals surface area contributed by atoms with Crippen molar-refractivity contribution in [2.45, 2.75) is 64.7 Å². The van der Waals surface area contributed by atoms with Crippen molar-refractivity contribution in [3.63, 3.8) is 0 Å². The van der Waals surface area contributed by atoms with E-state index in [1.54, 1.807) is 0 Å². The molecular formula is C14H27NO. The maximum Gasteiger partial charge on any atom is 0.0677 e. The van der Waals surface area contributed by atoms with Gasteiger partial charge in [-0.1, -0.05) is 13.0 Å². The minimum Gasteiger partial charge on any atom is -0.369 e. The van der Waals surface area contributed by atoms with Gasteiger partial charge in [0.1, 0.15) is 0 Å². The molecular weight excluding hydrogens is 198 g/mol. The monoisotopic (exact) mass is 225 g/mol. The summed E-state index contributed by atoms with van der Waals surface area (Å²) < 4.78 is 6.15. The summed E-state index contributed by atoms with van der Waals surface area (Å²) in [5.74, 6) is 0.556.